The van der Waals surface area contributed by atoms with Crippen LogP contribution in [-0.2, 0) is 11.3 Å². The van der Waals surface area contributed by atoms with E-state index in [0.717, 1.165) is 36.1 Å². The lowest BCUT2D eigenvalue weighted by atomic mass is 10.2. The summed E-state index contributed by atoms with van der Waals surface area (Å²) < 4.78 is 1.93. The number of aryl methyl sites for hydroxylation is 1. The maximum Gasteiger partial charge on any atom is 0.286 e. The molecule has 0 aromatic carbocycles. The summed E-state index contributed by atoms with van der Waals surface area (Å²) >= 11 is 1.49. The van der Waals surface area contributed by atoms with Crippen LogP contribution < -0.4 is 0 Å². The van der Waals surface area contributed by atoms with Crippen molar-refractivity contribution in [3.8, 4) is 0 Å². The molecule has 2 aliphatic rings. The summed E-state index contributed by atoms with van der Waals surface area (Å²) in [6.45, 7) is 6.94. The van der Waals surface area contributed by atoms with Gasteiger partial charge in [0.05, 0.1) is 11.1 Å². The fraction of sp³-hybridized carbons (Fsp3) is 0.500. The number of hydrogen-bond donors (Lipinski definition) is 0. The minimum absolute atomic E-state index is 0.124. The summed E-state index contributed by atoms with van der Waals surface area (Å²) in [5.74, 6) is -0.124. The van der Waals surface area contributed by atoms with Crippen molar-refractivity contribution in [2.45, 2.75) is 33.2 Å². The molecule has 0 unspecified atom stereocenters. The van der Waals surface area contributed by atoms with Crippen molar-refractivity contribution in [2.75, 3.05) is 13.1 Å². The Bertz CT molecular complexity index is 596. The van der Waals surface area contributed by atoms with Gasteiger partial charge in [-0.25, -0.2) is 0 Å². The second kappa shape index (κ2) is 5.44. The molecule has 0 bridgehead atoms. The van der Waals surface area contributed by atoms with Crippen molar-refractivity contribution in [1.29, 1.82) is 0 Å². The Labute approximate surface area is 122 Å². The molecule has 106 valence electrons. The van der Waals surface area contributed by atoms with Gasteiger partial charge < -0.3 is 4.90 Å². The zero-order valence-electron chi connectivity index (χ0n) is 11.8. The number of thioether (sulfide) groups is 1. The van der Waals surface area contributed by atoms with Gasteiger partial charge in [-0.3, -0.25) is 9.48 Å². The molecule has 3 rings (SSSR count). The molecule has 6 heteroatoms. The third-order valence-corrected chi connectivity index (χ3v) is 4.76. The number of hydrogen-bond acceptors (Lipinski definition) is 4. The van der Waals surface area contributed by atoms with Crippen LogP contribution in [0.5, 0.6) is 0 Å². The SMILES string of the molecule is CCn1ncc(C=C2SC(N3CCCC3)=NC2=O)c1C. The van der Waals surface area contributed by atoms with E-state index in [4.69, 9.17) is 0 Å². The number of carbonyl (C=O) groups is 1. The average molecular weight is 290 g/mol. The minimum Gasteiger partial charge on any atom is -0.351 e. The second-order valence-electron chi connectivity index (χ2n) is 5.01. The summed E-state index contributed by atoms with van der Waals surface area (Å²) in [4.78, 5) is 19.1. The van der Waals surface area contributed by atoms with Crippen LogP contribution in [0.15, 0.2) is 16.1 Å². The van der Waals surface area contributed by atoms with E-state index in [0.29, 0.717) is 4.91 Å². The lowest BCUT2D eigenvalue weighted by Crippen LogP contribution is -2.23. The van der Waals surface area contributed by atoms with E-state index >= 15 is 0 Å². The predicted molar refractivity (Wildman–Crippen MR) is 81.5 cm³/mol. The standard InChI is InChI=1S/C14H18N4OS/c1-3-18-10(2)11(9-15-18)8-12-13(19)16-14(20-12)17-6-4-5-7-17/h8-9H,3-7H2,1-2H3. The molecule has 1 fully saturated rings. The smallest absolute Gasteiger partial charge is 0.286 e. The number of aromatic nitrogens is 2. The molecule has 1 aromatic rings. The van der Waals surface area contributed by atoms with Crippen molar-refractivity contribution in [2.24, 2.45) is 4.99 Å². The highest BCUT2D eigenvalue weighted by Gasteiger charge is 2.27. The maximum absolute atomic E-state index is 12.0. The molecular formula is C14H18N4OS. The second-order valence-corrected chi connectivity index (χ2v) is 6.01. The first-order valence-electron chi connectivity index (χ1n) is 6.99. The summed E-state index contributed by atoms with van der Waals surface area (Å²) in [5, 5.41) is 5.16. The van der Waals surface area contributed by atoms with Crippen LogP contribution in [0.1, 0.15) is 31.0 Å². The average Bonchev–Trinajstić information content (AvgIpc) is 3.13. The van der Waals surface area contributed by atoms with Crippen LogP contribution in [0, 0.1) is 6.92 Å². The summed E-state index contributed by atoms with van der Waals surface area (Å²) in [6.07, 6.45) is 6.10. The van der Waals surface area contributed by atoms with E-state index in [9.17, 15) is 4.79 Å². The predicted octanol–water partition coefficient (Wildman–Crippen LogP) is 2.28. The monoisotopic (exact) mass is 290 g/mol. The van der Waals surface area contributed by atoms with Gasteiger partial charge in [0.15, 0.2) is 5.17 Å². The van der Waals surface area contributed by atoms with Crippen LogP contribution in [-0.4, -0.2) is 38.8 Å². The van der Waals surface area contributed by atoms with Gasteiger partial charge in [-0.05, 0) is 44.5 Å². The van der Waals surface area contributed by atoms with Gasteiger partial charge in [0.2, 0.25) is 0 Å². The van der Waals surface area contributed by atoms with Crippen molar-refractivity contribution in [1.82, 2.24) is 14.7 Å². The fourth-order valence-electron chi connectivity index (χ4n) is 2.50. The first-order chi connectivity index (χ1) is 9.69. The van der Waals surface area contributed by atoms with Crippen LogP contribution in [0.2, 0.25) is 0 Å². The van der Waals surface area contributed by atoms with Gasteiger partial charge in [0.1, 0.15) is 0 Å². The topological polar surface area (TPSA) is 50.5 Å². The highest BCUT2D eigenvalue weighted by Crippen LogP contribution is 2.32. The Morgan fingerprint density at radius 3 is 2.80 bits per heavy atom. The molecule has 0 aliphatic carbocycles. The van der Waals surface area contributed by atoms with Gasteiger partial charge in [-0.2, -0.15) is 10.1 Å². The van der Waals surface area contributed by atoms with Gasteiger partial charge >= 0.3 is 0 Å². The summed E-state index contributed by atoms with van der Waals surface area (Å²) in [5.41, 5.74) is 2.09. The molecule has 0 atom stereocenters. The lowest BCUT2D eigenvalue weighted by Gasteiger charge is -2.14. The number of amides is 1. The van der Waals surface area contributed by atoms with E-state index < -0.39 is 0 Å². The van der Waals surface area contributed by atoms with Crippen LogP contribution in [0.4, 0.5) is 0 Å². The zero-order chi connectivity index (χ0) is 14.1. The minimum atomic E-state index is -0.124. The molecule has 2 aliphatic heterocycles. The van der Waals surface area contributed by atoms with E-state index in [1.165, 1.54) is 24.6 Å². The van der Waals surface area contributed by atoms with Crippen LogP contribution in [0.25, 0.3) is 6.08 Å². The van der Waals surface area contributed by atoms with Gasteiger partial charge in [-0.15, -0.1) is 0 Å². The van der Waals surface area contributed by atoms with E-state index in [-0.39, 0.29) is 5.91 Å². The molecule has 0 saturated carbocycles. The van der Waals surface area contributed by atoms with E-state index in [1.807, 2.05) is 23.9 Å². The third kappa shape index (κ3) is 2.40. The molecule has 20 heavy (non-hydrogen) atoms. The first-order valence-corrected chi connectivity index (χ1v) is 7.80. The Morgan fingerprint density at radius 2 is 2.15 bits per heavy atom. The number of nitrogens with zero attached hydrogens (tertiary/aromatic N) is 4. The van der Waals surface area contributed by atoms with E-state index in [1.54, 1.807) is 0 Å². The summed E-state index contributed by atoms with van der Waals surface area (Å²) in [6, 6.07) is 0. The number of carbonyl (C=O) groups excluding carboxylic acids is 1. The molecule has 5 nitrogen and oxygen atoms in total. The molecule has 0 radical (unpaired) electrons. The number of likely N-dealkylation sites (tertiary alicyclic amines) is 1. The molecule has 0 N–H and O–H groups in total. The maximum atomic E-state index is 12.0. The highest BCUT2D eigenvalue weighted by molar-refractivity contribution is 8.18. The molecular weight excluding hydrogens is 272 g/mol. The van der Waals surface area contributed by atoms with Crippen LogP contribution >= 0.6 is 11.8 Å². The van der Waals surface area contributed by atoms with Crippen molar-refractivity contribution in [3.05, 3.63) is 22.4 Å². The molecule has 0 spiro atoms. The summed E-state index contributed by atoms with van der Waals surface area (Å²) in [7, 11) is 0. The highest BCUT2D eigenvalue weighted by atomic mass is 32.2. The van der Waals surface area contributed by atoms with Crippen molar-refractivity contribution >= 4 is 28.9 Å². The molecule has 3 heterocycles. The van der Waals surface area contributed by atoms with Crippen LogP contribution in [0.3, 0.4) is 0 Å². The Hall–Kier alpha value is -1.56. The van der Waals surface area contributed by atoms with Gasteiger partial charge in [0, 0.05) is 30.9 Å². The van der Waals surface area contributed by atoms with Crippen molar-refractivity contribution in [3.63, 3.8) is 0 Å². The molecule has 1 aromatic heterocycles. The number of rotatable bonds is 2. The lowest BCUT2D eigenvalue weighted by molar-refractivity contribution is -0.113. The Kier molecular flexibility index (Phi) is 3.65. The molecule has 1 saturated heterocycles. The third-order valence-electron chi connectivity index (χ3n) is 3.71. The quantitative estimate of drug-likeness (QED) is 0.784. The zero-order valence-corrected chi connectivity index (χ0v) is 12.6. The Balaban J connectivity index is 1.80. The number of aliphatic imine (C=N–C) groups is 1. The first kappa shape index (κ1) is 13.4. The normalized spacial score (nSPS) is 21.1. The largest absolute Gasteiger partial charge is 0.351 e. The molecule has 1 amide bonds. The van der Waals surface area contributed by atoms with Gasteiger partial charge in [-0.1, -0.05) is 0 Å². The Morgan fingerprint density at radius 1 is 1.40 bits per heavy atom. The van der Waals surface area contributed by atoms with Crippen molar-refractivity contribution < 1.29 is 4.79 Å². The number of amidine groups is 1. The van der Waals surface area contributed by atoms with E-state index in [2.05, 4.69) is 21.9 Å². The van der Waals surface area contributed by atoms with Gasteiger partial charge in [0.25, 0.3) is 5.91 Å². The fourth-order valence-corrected chi connectivity index (χ4v) is 3.46.